The van der Waals surface area contributed by atoms with Gasteiger partial charge in [0.2, 0.25) is 0 Å². The van der Waals surface area contributed by atoms with Gasteiger partial charge in [-0.1, -0.05) is 24.3 Å². The summed E-state index contributed by atoms with van der Waals surface area (Å²) in [5.41, 5.74) is 10.1. The molecule has 0 aliphatic carbocycles. The number of hydrogen-bond acceptors (Lipinski definition) is 7. The number of amides is 1. The number of fused-ring (bicyclic) bond motifs is 2. The maximum atomic E-state index is 13.4. The summed E-state index contributed by atoms with van der Waals surface area (Å²) in [5.74, 6) is 0.971. The molecule has 44 heavy (non-hydrogen) atoms. The fraction of sp³-hybridized carbons (Fsp3) is 0.314. The fourth-order valence-electron chi connectivity index (χ4n) is 6.57. The van der Waals surface area contributed by atoms with Crippen LogP contribution < -0.4 is 16.0 Å². The molecule has 3 N–H and O–H groups in total. The second-order valence-electron chi connectivity index (χ2n) is 11.9. The van der Waals surface area contributed by atoms with Gasteiger partial charge in [0.1, 0.15) is 5.52 Å². The molecule has 9 heteroatoms. The van der Waals surface area contributed by atoms with Crippen molar-refractivity contribution in [2.24, 2.45) is 7.05 Å². The van der Waals surface area contributed by atoms with Crippen molar-refractivity contribution in [3.05, 3.63) is 94.8 Å². The number of anilines is 3. The Morgan fingerprint density at radius 2 is 1.73 bits per heavy atom. The molecule has 5 heterocycles. The molecule has 0 bridgehead atoms. The second kappa shape index (κ2) is 11.8. The number of likely N-dealkylation sites (tertiary alicyclic amines) is 1. The number of rotatable bonds is 7. The topological polar surface area (TPSA) is 100 Å². The van der Waals surface area contributed by atoms with Gasteiger partial charge in [0.15, 0.2) is 11.6 Å². The summed E-state index contributed by atoms with van der Waals surface area (Å²) >= 11 is 0. The zero-order valence-corrected chi connectivity index (χ0v) is 25.6. The maximum absolute atomic E-state index is 13.4. The molecule has 9 nitrogen and oxygen atoms in total. The zero-order valence-electron chi connectivity index (χ0n) is 25.6. The Kier molecular flexibility index (Phi) is 7.57. The van der Waals surface area contributed by atoms with Crippen molar-refractivity contribution < 1.29 is 4.79 Å². The molecule has 7 rings (SSSR count). The van der Waals surface area contributed by atoms with E-state index < -0.39 is 0 Å². The van der Waals surface area contributed by atoms with Crippen LogP contribution >= 0.6 is 0 Å². The number of nitrogens with zero attached hydrogens (tertiary/aromatic N) is 5. The first-order valence-corrected chi connectivity index (χ1v) is 15.5. The monoisotopic (exact) mass is 586 g/mol. The predicted octanol–water partition coefficient (Wildman–Crippen LogP) is 5.88. The average Bonchev–Trinajstić information content (AvgIpc) is 3.67. The molecule has 2 aliphatic rings. The molecule has 2 aromatic carbocycles. The van der Waals surface area contributed by atoms with Crippen molar-refractivity contribution in [1.82, 2.24) is 29.7 Å². The molecule has 3 aromatic heterocycles. The molecule has 1 fully saturated rings. The van der Waals surface area contributed by atoms with E-state index in [4.69, 9.17) is 4.98 Å². The summed E-state index contributed by atoms with van der Waals surface area (Å²) in [4.78, 5) is 30.0. The van der Waals surface area contributed by atoms with Crippen LogP contribution in [0.15, 0.2) is 60.9 Å². The third-order valence-corrected chi connectivity index (χ3v) is 9.05. The Hall–Kier alpha value is -4.60. The van der Waals surface area contributed by atoms with Crippen LogP contribution in [0.2, 0.25) is 0 Å². The second-order valence-corrected chi connectivity index (χ2v) is 11.9. The first-order chi connectivity index (χ1) is 21.5. The third-order valence-electron chi connectivity index (χ3n) is 9.05. The van der Waals surface area contributed by atoms with Crippen molar-refractivity contribution in [2.75, 3.05) is 30.3 Å². The highest BCUT2D eigenvalue weighted by molar-refractivity contribution is 6.03. The maximum Gasteiger partial charge on any atom is 0.291 e. The largest absolute Gasteiger partial charge is 0.338 e. The lowest BCUT2D eigenvalue weighted by Crippen LogP contribution is -2.24. The number of benzene rings is 2. The van der Waals surface area contributed by atoms with Crippen LogP contribution in [0.5, 0.6) is 0 Å². The minimum Gasteiger partial charge on any atom is -0.338 e. The highest BCUT2D eigenvalue weighted by Gasteiger charge is 2.23. The van der Waals surface area contributed by atoms with Crippen LogP contribution in [0.1, 0.15) is 51.5 Å². The normalized spacial score (nSPS) is 15.0. The van der Waals surface area contributed by atoms with E-state index in [0.717, 1.165) is 94.3 Å². The first kappa shape index (κ1) is 28.2. The molecule has 224 valence electrons. The van der Waals surface area contributed by atoms with Crippen LogP contribution in [0.25, 0.3) is 22.0 Å². The number of carbonyl (C=O) groups excluding carboxylic acids is 1. The first-order valence-electron chi connectivity index (χ1n) is 15.5. The van der Waals surface area contributed by atoms with Gasteiger partial charge in [-0.15, -0.1) is 0 Å². The van der Waals surface area contributed by atoms with E-state index in [2.05, 4.69) is 68.1 Å². The highest BCUT2D eigenvalue weighted by Crippen LogP contribution is 2.35. The summed E-state index contributed by atoms with van der Waals surface area (Å²) in [7, 11) is 1.92. The van der Waals surface area contributed by atoms with E-state index in [9.17, 15) is 4.79 Å². The van der Waals surface area contributed by atoms with Gasteiger partial charge in [0.05, 0.1) is 5.69 Å². The fourth-order valence-corrected chi connectivity index (χ4v) is 6.57. The minimum atomic E-state index is -0.201. The molecule has 1 amide bonds. The molecule has 1 saturated heterocycles. The number of hydrogen-bond donors (Lipinski definition) is 3. The van der Waals surface area contributed by atoms with Gasteiger partial charge in [0.25, 0.3) is 5.91 Å². The van der Waals surface area contributed by atoms with E-state index in [1.807, 2.05) is 49.1 Å². The lowest BCUT2D eigenvalue weighted by molar-refractivity contribution is 0.101. The number of imidazole rings is 1. The number of nitrogens with one attached hydrogen (secondary N) is 3. The molecule has 0 radical (unpaired) electrons. The smallest absolute Gasteiger partial charge is 0.291 e. The predicted molar refractivity (Wildman–Crippen MR) is 175 cm³/mol. The molecule has 0 unspecified atom stereocenters. The van der Waals surface area contributed by atoms with Crippen LogP contribution in [0.3, 0.4) is 0 Å². The van der Waals surface area contributed by atoms with Crippen molar-refractivity contribution >= 4 is 34.0 Å². The van der Waals surface area contributed by atoms with Gasteiger partial charge in [-0.25, -0.2) is 9.97 Å². The van der Waals surface area contributed by atoms with Crippen molar-refractivity contribution in [3.8, 4) is 11.1 Å². The standard InChI is InChI=1S/C35H38N8O/c1-22-26(27-9-7-11-29(23(27)2)41-35(44)34-40-30-20-36-14-13-31(30)42(34)3)8-6-10-28(22)39-33-32-25(12-15-37-33)18-24(19-38-32)21-43-16-4-5-17-43/h6-12,15,18-19,36H,4-5,13-14,16-17,20-21H2,1-3H3,(H,37,39)(H,41,44). The molecule has 5 aromatic rings. The Bertz CT molecular complexity index is 1870. The summed E-state index contributed by atoms with van der Waals surface area (Å²) in [6.07, 6.45) is 7.25. The molecule has 0 atom stereocenters. The Labute approximate surface area is 257 Å². The Morgan fingerprint density at radius 3 is 2.50 bits per heavy atom. The quantitative estimate of drug-likeness (QED) is 0.219. The summed E-state index contributed by atoms with van der Waals surface area (Å²) in [6.45, 7) is 9.02. The van der Waals surface area contributed by atoms with Crippen molar-refractivity contribution in [3.63, 3.8) is 0 Å². The Balaban J connectivity index is 1.14. The lowest BCUT2D eigenvalue weighted by Gasteiger charge is -2.18. The van der Waals surface area contributed by atoms with Gasteiger partial charge in [-0.3, -0.25) is 14.7 Å². The highest BCUT2D eigenvalue weighted by atomic mass is 16.2. The lowest BCUT2D eigenvalue weighted by atomic mass is 9.94. The summed E-state index contributed by atoms with van der Waals surface area (Å²) in [5, 5.41) is 11.1. The SMILES string of the molecule is Cc1c(NC(=O)c2nc3c(n2C)CCNC3)cccc1-c1cccc(Nc2nccc3cc(CN4CCCC4)cnc23)c1C. The number of pyridine rings is 2. The van der Waals surface area contributed by atoms with E-state index in [-0.39, 0.29) is 5.91 Å². The van der Waals surface area contributed by atoms with Gasteiger partial charge >= 0.3 is 0 Å². The summed E-state index contributed by atoms with van der Waals surface area (Å²) in [6, 6.07) is 16.5. The molecule has 2 aliphatic heterocycles. The van der Waals surface area contributed by atoms with Gasteiger partial charge < -0.3 is 20.5 Å². The van der Waals surface area contributed by atoms with Crippen LogP contribution in [0, 0.1) is 13.8 Å². The van der Waals surface area contributed by atoms with Crippen LogP contribution in [-0.4, -0.2) is 50.0 Å². The van der Waals surface area contributed by atoms with Gasteiger partial charge in [0, 0.05) is 68.0 Å². The van der Waals surface area contributed by atoms with Crippen LogP contribution in [-0.2, 0) is 26.6 Å². The zero-order chi connectivity index (χ0) is 30.2. The molecule has 0 saturated carbocycles. The Morgan fingerprint density at radius 1 is 0.977 bits per heavy atom. The van der Waals surface area contributed by atoms with Crippen LogP contribution in [0.4, 0.5) is 17.2 Å². The molecular weight excluding hydrogens is 548 g/mol. The average molecular weight is 587 g/mol. The van der Waals surface area contributed by atoms with Gasteiger partial charge in [-0.05, 0) is 91.9 Å². The van der Waals surface area contributed by atoms with Crippen molar-refractivity contribution in [2.45, 2.75) is 46.2 Å². The van der Waals surface area contributed by atoms with E-state index in [1.54, 1.807) is 0 Å². The molecular formula is C35H38N8O. The van der Waals surface area contributed by atoms with Crippen molar-refractivity contribution in [1.29, 1.82) is 0 Å². The van der Waals surface area contributed by atoms with E-state index in [0.29, 0.717) is 12.4 Å². The third kappa shape index (κ3) is 5.33. The van der Waals surface area contributed by atoms with E-state index >= 15 is 0 Å². The van der Waals surface area contributed by atoms with E-state index in [1.165, 1.54) is 18.4 Å². The minimum absolute atomic E-state index is 0.201. The number of carbonyl (C=O) groups is 1. The summed E-state index contributed by atoms with van der Waals surface area (Å²) < 4.78 is 1.93. The van der Waals surface area contributed by atoms with Gasteiger partial charge in [-0.2, -0.15) is 0 Å². The number of aromatic nitrogens is 4. The molecule has 0 spiro atoms.